The first kappa shape index (κ1) is 34.1. The minimum Gasteiger partial charge on any atom is -0.480 e. The number of halogens is 3. The van der Waals surface area contributed by atoms with Crippen LogP contribution in [0, 0.1) is 0 Å². The lowest BCUT2D eigenvalue weighted by Crippen LogP contribution is -2.57. The van der Waals surface area contributed by atoms with Crippen molar-refractivity contribution in [2.45, 2.75) is 56.8 Å². The van der Waals surface area contributed by atoms with Crippen LogP contribution in [0.4, 0.5) is 13.2 Å². The molecule has 0 spiro atoms. The van der Waals surface area contributed by atoms with E-state index >= 15 is 0 Å². The van der Waals surface area contributed by atoms with Gasteiger partial charge in [0, 0.05) is 19.6 Å². The van der Waals surface area contributed by atoms with E-state index in [-0.39, 0.29) is 24.9 Å². The topological polar surface area (TPSA) is 139 Å². The Kier molecular flexibility index (Phi) is 12.6. The second-order valence-corrected chi connectivity index (χ2v) is 11.4. The Morgan fingerprint density at radius 1 is 1.07 bits per heavy atom. The van der Waals surface area contributed by atoms with Crippen molar-refractivity contribution >= 4 is 46.3 Å². The molecule has 4 N–H and O–H groups in total. The third-order valence-corrected chi connectivity index (χ3v) is 7.82. The van der Waals surface area contributed by atoms with Crippen molar-refractivity contribution in [3.63, 3.8) is 0 Å². The van der Waals surface area contributed by atoms with E-state index in [0.29, 0.717) is 37.7 Å². The number of hydrazine groups is 1. The molecule has 1 saturated heterocycles. The van der Waals surface area contributed by atoms with Gasteiger partial charge >= 0.3 is 18.1 Å². The van der Waals surface area contributed by atoms with Gasteiger partial charge in [0.15, 0.2) is 0 Å². The maximum absolute atomic E-state index is 13.2. The molecule has 2 aromatic carbocycles. The van der Waals surface area contributed by atoms with E-state index in [4.69, 9.17) is 9.90 Å². The normalized spacial score (nSPS) is 15.5. The standard InChI is InChI=1S/C27H36N4O4S.C2HF3O2/c1-36-13-10-24(27(34)35)31(29-18-25(32)30-11-4-5-12-30)26(33)17-28-16-22-15-21(19-8-9-19)14-20-6-2-3-7-23(20)22;3-2(4,5)1(6)7/h2-3,6-7,14-15,19,24,28-29H,4-5,8-13,16-18H2,1H3,(H,34,35);(H,6,7). The number of rotatable bonds is 13. The molecule has 1 unspecified atom stereocenters. The van der Waals surface area contributed by atoms with Crippen LogP contribution in [0.1, 0.15) is 49.1 Å². The van der Waals surface area contributed by atoms with Crippen LogP contribution in [0.5, 0.6) is 0 Å². The first-order valence-electron chi connectivity index (χ1n) is 14.0. The van der Waals surface area contributed by atoms with Gasteiger partial charge in [0.25, 0.3) is 5.91 Å². The number of carbonyl (C=O) groups excluding carboxylic acids is 2. The van der Waals surface area contributed by atoms with Crippen molar-refractivity contribution in [2.24, 2.45) is 0 Å². The molecule has 1 aliphatic heterocycles. The lowest BCUT2D eigenvalue weighted by atomic mass is 9.98. The average molecular weight is 627 g/mol. The van der Waals surface area contributed by atoms with E-state index in [9.17, 15) is 32.7 Å². The number of carboxylic acids is 2. The Bertz CT molecular complexity index is 1280. The fourth-order valence-corrected chi connectivity index (χ4v) is 5.26. The van der Waals surface area contributed by atoms with Gasteiger partial charge in [-0.05, 0) is 71.9 Å². The summed E-state index contributed by atoms with van der Waals surface area (Å²) in [6.07, 6.45) is 1.49. The number of hydrogen-bond donors (Lipinski definition) is 4. The van der Waals surface area contributed by atoms with Crippen molar-refractivity contribution in [3.8, 4) is 0 Å². The molecular formula is C29H37F3N4O6S. The molecule has 2 aliphatic rings. The van der Waals surface area contributed by atoms with Crippen molar-refractivity contribution in [3.05, 3.63) is 47.5 Å². The highest BCUT2D eigenvalue weighted by atomic mass is 32.2. The summed E-state index contributed by atoms with van der Waals surface area (Å²) in [5.74, 6) is -3.13. The number of nitrogens with one attached hydrogen (secondary N) is 2. The van der Waals surface area contributed by atoms with Gasteiger partial charge < -0.3 is 20.4 Å². The van der Waals surface area contributed by atoms with Gasteiger partial charge in [0.1, 0.15) is 6.04 Å². The number of nitrogens with zero attached hydrogens (tertiary/aromatic N) is 2. The molecule has 0 bridgehead atoms. The summed E-state index contributed by atoms with van der Waals surface area (Å²) in [6.45, 7) is 1.78. The quantitative estimate of drug-likeness (QED) is 0.246. The van der Waals surface area contributed by atoms with Gasteiger partial charge in [-0.15, -0.1) is 0 Å². The first-order valence-corrected chi connectivity index (χ1v) is 15.4. The number of benzene rings is 2. The fraction of sp³-hybridized carbons (Fsp3) is 0.517. The molecule has 0 aromatic heterocycles. The zero-order valence-corrected chi connectivity index (χ0v) is 24.7. The molecule has 4 rings (SSSR count). The van der Waals surface area contributed by atoms with Crippen molar-refractivity contribution < 1.29 is 42.6 Å². The number of carbonyl (C=O) groups is 4. The molecule has 236 valence electrons. The smallest absolute Gasteiger partial charge is 0.480 e. The lowest BCUT2D eigenvalue weighted by Gasteiger charge is -2.30. The van der Waals surface area contributed by atoms with Crippen LogP contribution < -0.4 is 10.7 Å². The van der Waals surface area contributed by atoms with Crippen LogP contribution in [0.25, 0.3) is 10.8 Å². The molecule has 2 fully saturated rings. The Balaban J connectivity index is 0.000000646. The van der Waals surface area contributed by atoms with E-state index in [1.807, 2.05) is 18.4 Å². The van der Waals surface area contributed by atoms with Crippen LogP contribution in [-0.4, -0.2) is 94.3 Å². The van der Waals surface area contributed by atoms with E-state index in [0.717, 1.165) is 28.8 Å². The minimum atomic E-state index is -5.08. The second-order valence-electron chi connectivity index (χ2n) is 10.4. The van der Waals surface area contributed by atoms with Gasteiger partial charge in [0.05, 0.1) is 13.1 Å². The summed E-state index contributed by atoms with van der Waals surface area (Å²) >= 11 is 1.53. The fourth-order valence-electron chi connectivity index (χ4n) is 4.80. The zero-order valence-electron chi connectivity index (χ0n) is 23.9. The molecule has 2 aromatic rings. The molecule has 1 saturated carbocycles. The predicted octanol–water partition coefficient (Wildman–Crippen LogP) is 3.60. The average Bonchev–Trinajstić information content (AvgIpc) is 3.67. The number of alkyl halides is 3. The number of fused-ring (bicyclic) bond motifs is 1. The predicted molar refractivity (Wildman–Crippen MR) is 156 cm³/mol. The number of likely N-dealkylation sites (tertiary alicyclic amines) is 1. The van der Waals surface area contributed by atoms with Crippen LogP contribution in [0.3, 0.4) is 0 Å². The molecule has 1 aliphatic carbocycles. The maximum Gasteiger partial charge on any atom is 0.490 e. The molecule has 0 radical (unpaired) electrons. The lowest BCUT2D eigenvalue weighted by molar-refractivity contribution is -0.192. The third kappa shape index (κ3) is 10.4. The summed E-state index contributed by atoms with van der Waals surface area (Å²) in [5.41, 5.74) is 5.32. The van der Waals surface area contributed by atoms with Crippen molar-refractivity contribution in [2.75, 3.05) is 38.2 Å². The van der Waals surface area contributed by atoms with Gasteiger partial charge in [-0.2, -0.15) is 24.9 Å². The summed E-state index contributed by atoms with van der Waals surface area (Å²) in [7, 11) is 0. The van der Waals surface area contributed by atoms with Crippen molar-refractivity contribution in [1.29, 1.82) is 0 Å². The number of aliphatic carboxylic acids is 2. The van der Waals surface area contributed by atoms with Crippen LogP contribution in [-0.2, 0) is 25.7 Å². The summed E-state index contributed by atoms with van der Waals surface area (Å²) < 4.78 is 31.7. The molecule has 10 nitrogen and oxygen atoms in total. The van der Waals surface area contributed by atoms with Crippen molar-refractivity contribution in [1.82, 2.24) is 20.7 Å². The Morgan fingerprint density at radius 3 is 2.30 bits per heavy atom. The number of carboxylic acid groups (broad SMARTS) is 2. The minimum absolute atomic E-state index is 0.0318. The van der Waals surface area contributed by atoms with Gasteiger partial charge in [-0.3, -0.25) is 14.6 Å². The molecular weight excluding hydrogens is 589 g/mol. The molecule has 14 heteroatoms. The summed E-state index contributed by atoms with van der Waals surface area (Å²) in [5, 5.41) is 23.7. The molecule has 1 heterocycles. The monoisotopic (exact) mass is 626 g/mol. The zero-order chi connectivity index (χ0) is 31.6. The molecule has 1 atom stereocenters. The summed E-state index contributed by atoms with van der Waals surface area (Å²) in [6, 6.07) is 11.7. The highest BCUT2D eigenvalue weighted by Crippen LogP contribution is 2.41. The van der Waals surface area contributed by atoms with Crippen LogP contribution in [0.2, 0.25) is 0 Å². The van der Waals surface area contributed by atoms with Crippen LogP contribution >= 0.6 is 11.8 Å². The van der Waals surface area contributed by atoms with E-state index in [1.165, 1.54) is 35.6 Å². The number of thioether (sulfide) groups is 1. The first-order chi connectivity index (χ1) is 20.4. The Labute approximate surface area is 251 Å². The largest absolute Gasteiger partial charge is 0.490 e. The molecule has 2 amide bonds. The number of hydrogen-bond acceptors (Lipinski definition) is 7. The van der Waals surface area contributed by atoms with E-state index in [1.54, 1.807) is 4.90 Å². The second kappa shape index (κ2) is 15.9. The molecule has 43 heavy (non-hydrogen) atoms. The Morgan fingerprint density at radius 2 is 1.72 bits per heavy atom. The van der Waals surface area contributed by atoms with Gasteiger partial charge in [-0.1, -0.05) is 36.4 Å². The van der Waals surface area contributed by atoms with E-state index in [2.05, 4.69) is 35.0 Å². The third-order valence-electron chi connectivity index (χ3n) is 7.17. The SMILES string of the molecule is CSCCC(C(=O)O)N(NCC(=O)N1CCCC1)C(=O)CNCc1cc(C2CC2)cc2ccccc12.O=C(O)C(F)(F)F. The highest BCUT2D eigenvalue weighted by Gasteiger charge is 2.38. The summed E-state index contributed by atoms with van der Waals surface area (Å²) in [4.78, 5) is 48.5. The van der Waals surface area contributed by atoms with Crippen LogP contribution in [0.15, 0.2) is 36.4 Å². The maximum atomic E-state index is 13.2. The number of amides is 2. The van der Waals surface area contributed by atoms with Gasteiger partial charge in [-0.25, -0.2) is 15.0 Å². The Hall–Kier alpha value is -3.36. The van der Waals surface area contributed by atoms with Gasteiger partial charge in [0.2, 0.25) is 5.91 Å². The highest BCUT2D eigenvalue weighted by molar-refractivity contribution is 7.98. The van der Waals surface area contributed by atoms with E-state index < -0.39 is 24.2 Å².